The highest BCUT2D eigenvalue weighted by molar-refractivity contribution is 5.94. The van der Waals surface area contributed by atoms with Gasteiger partial charge < -0.3 is 37.6 Å². The predicted molar refractivity (Wildman–Crippen MR) is 162 cm³/mol. The number of rotatable bonds is 16. The molecule has 3 aromatic rings. The van der Waals surface area contributed by atoms with Crippen LogP contribution < -0.4 is 27.4 Å². The molecular weight excluding hydrogens is 566 g/mol. The van der Waals surface area contributed by atoms with Crippen LogP contribution in [0.3, 0.4) is 0 Å². The first kappa shape index (κ1) is 33.3. The third-order valence-corrected chi connectivity index (χ3v) is 6.85. The molecule has 0 aliphatic rings. The van der Waals surface area contributed by atoms with Crippen LogP contribution in [0.4, 0.5) is 0 Å². The molecule has 0 aliphatic carbocycles. The van der Waals surface area contributed by atoms with Crippen molar-refractivity contribution < 1.29 is 34.2 Å². The van der Waals surface area contributed by atoms with E-state index < -0.39 is 53.8 Å². The van der Waals surface area contributed by atoms with Crippen molar-refractivity contribution >= 4 is 29.6 Å². The van der Waals surface area contributed by atoms with Gasteiger partial charge in [0.15, 0.2) is 0 Å². The number of primary amides is 1. The van der Waals surface area contributed by atoms with Crippen LogP contribution in [-0.2, 0) is 43.2 Å². The lowest BCUT2D eigenvalue weighted by Gasteiger charge is -2.25. The van der Waals surface area contributed by atoms with Crippen molar-refractivity contribution in [2.45, 2.75) is 56.3 Å². The van der Waals surface area contributed by atoms with Crippen LogP contribution in [0.25, 0.3) is 0 Å². The number of carbonyl (C=O) groups is 5. The van der Waals surface area contributed by atoms with E-state index in [1.807, 2.05) is 6.07 Å². The molecule has 12 heteroatoms. The smallest absolute Gasteiger partial charge is 0.326 e. The number of aromatic hydroxyl groups is 1. The molecule has 3 rings (SSSR count). The van der Waals surface area contributed by atoms with Crippen molar-refractivity contribution in [2.24, 2.45) is 11.5 Å². The highest BCUT2D eigenvalue weighted by atomic mass is 16.4. The molecule has 12 nitrogen and oxygen atoms in total. The van der Waals surface area contributed by atoms with Gasteiger partial charge in [0.05, 0.1) is 6.04 Å². The number of carbonyl (C=O) groups excluding carboxylic acids is 4. The van der Waals surface area contributed by atoms with Crippen LogP contribution in [0.2, 0.25) is 0 Å². The van der Waals surface area contributed by atoms with Crippen LogP contribution in [-0.4, -0.2) is 64.0 Å². The van der Waals surface area contributed by atoms with Crippen molar-refractivity contribution in [3.05, 3.63) is 102 Å². The molecule has 0 fully saturated rings. The molecule has 0 aromatic heterocycles. The van der Waals surface area contributed by atoms with Gasteiger partial charge in [0, 0.05) is 19.3 Å². The molecule has 0 spiro atoms. The zero-order valence-electron chi connectivity index (χ0n) is 24.0. The first-order valence-electron chi connectivity index (χ1n) is 14.1. The molecule has 232 valence electrons. The molecule has 0 aliphatic heterocycles. The third-order valence-electron chi connectivity index (χ3n) is 6.85. The number of carboxylic acid groups (broad SMARTS) is 1. The molecule has 44 heavy (non-hydrogen) atoms. The summed E-state index contributed by atoms with van der Waals surface area (Å²) in [5.74, 6) is -4.19. The quantitative estimate of drug-likeness (QED) is 0.122. The van der Waals surface area contributed by atoms with Gasteiger partial charge in [0.25, 0.3) is 0 Å². The molecule has 0 saturated carbocycles. The van der Waals surface area contributed by atoms with Crippen LogP contribution in [0, 0.1) is 0 Å². The Balaban J connectivity index is 1.79. The normalized spacial score (nSPS) is 13.5. The Hall–Kier alpha value is -5.23. The second-order valence-corrected chi connectivity index (χ2v) is 10.4. The Kier molecular flexibility index (Phi) is 12.4. The average Bonchev–Trinajstić information content (AvgIpc) is 3.00. The largest absolute Gasteiger partial charge is 0.508 e. The first-order chi connectivity index (χ1) is 21.0. The average molecular weight is 604 g/mol. The molecule has 3 aromatic carbocycles. The number of amides is 4. The molecule has 4 amide bonds. The Morgan fingerprint density at radius 1 is 0.614 bits per heavy atom. The molecule has 0 heterocycles. The van der Waals surface area contributed by atoms with E-state index >= 15 is 0 Å². The Morgan fingerprint density at radius 3 is 1.61 bits per heavy atom. The van der Waals surface area contributed by atoms with E-state index in [1.165, 1.54) is 12.1 Å². The van der Waals surface area contributed by atoms with Crippen molar-refractivity contribution in [1.29, 1.82) is 0 Å². The molecular formula is C32H37N5O7. The number of hydrogen-bond donors (Lipinski definition) is 7. The van der Waals surface area contributed by atoms with Gasteiger partial charge in [-0.25, -0.2) is 4.79 Å². The van der Waals surface area contributed by atoms with Crippen molar-refractivity contribution in [3.8, 4) is 5.75 Å². The van der Waals surface area contributed by atoms with Gasteiger partial charge in [0.2, 0.25) is 23.6 Å². The van der Waals surface area contributed by atoms with Gasteiger partial charge in [0.1, 0.15) is 23.9 Å². The minimum absolute atomic E-state index is 0.00160. The summed E-state index contributed by atoms with van der Waals surface area (Å²) in [5.41, 5.74) is 13.4. The Bertz CT molecular complexity index is 1420. The van der Waals surface area contributed by atoms with Gasteiger partial charge in [-0.2, -0.15) is 0 Å². The maximum absolute atomic E-state index is 13.5. The summed E-state index contributed by atoms with van der Waals surface area (Å²) >= 11 is 0. The van der Waals surface area contributed by atoms with Crippen LogP contribution >= 0.6 is 0 Å². The maximum Gasteiger partial charge on any atom is 0.326 e. The number of nitrogens with two attached hydrogens (primary N) is 2. The maximum atomic E-state index is 13.5. The number of aliphatic carboxylic acids is 1. The number of phenols is 1. The summed E-state index contributed by atoms with van der Waals surface area (Å²) in [6, 6.07) is 18.8. The first-order valence-corrected chi connectivity index (χ1v) is 14.1. The lowest BCUT2D eigenvalue weighted by Crippen LogP contribution is -2.58. The van der Waals surface area contributed by atoms with Gasteiger partial charge in [-0.15, -0.1) is 0 Å². The lowest BCUT2D eigenvalue weighted by molar-refractivity contribution is -0.142. The minimum atomic E-state index is -1.30. The molecule has 0 saturated heterocycles. The van der Waals surface area contributed by atoms with Crippen molar-refractivity contribution in [2.75, 3.05) is 0 Å². The molecule has 0 radical (unpaired) electrons. The van der Waals surface area contributed by atoms with E-state index in [9.17, 15) is 34.2 Å². The monoisotopic (exact) mass is 603 g/mol. The number of nitrogens with one attached hydrogen (secondary N) is 3. The summed E-state index contributed by atoms with van der Waals surface area (Å²) in [7, 11) is 0. The summed E-state index contributed by atoms with van der Waals surface area (Å²) in [5, 5.41) is 27.1. The SMILES string of the molecule is NC(=O)CCC(NC(=O)C(N)Cc1ccccc1)C(=O)NC(Cc1ccc(O)cc1)C(=O)NC(Cc1ccccc1)C(=O)O. The van der Waals surface area contributed by atoms with E-state index in [4.69, 9.17) is 11.5 Å². The topological polar surface area (TPSA) is 214 Å². The van der Waals surface area contributed by atoms with Gasteiger partial charge >= 0.3 is 5.97 Å². The zero-order chi connectivity index (χ0) is 32.1. The summed E-state index contributed by atoms with van der Waals surface area (Å²) in [4.78, 5) is 63.4. The van der Waals surface area contributed by atoms with Gasteiger partial charge in [-0.05, 0) is 41.7 Å². The molecule has 4 atom stereocenters. The third kappa shape index (κ3) is 10.9. The van der Waals surface area contributed by atoms with Crippen molar-refractivity contribution in [1.82, 2.24) is 16.0 Å². The zero-order valence-corrected chi connectivity index (χ0v) is 24.0. The van der Waals surface area contributed by atoms with Crippen LogP contribution in [0.15, 0.2) is 84.9 Å². The fourth-order valence-corrected chi connectivity index (χ4v) is 4.47. The lowest BCUT2D eigenvalue weighted by atomic mass is 10.0. The number of hydrogen-bond acceptors (Lipinski definition) is 7. The van der Waals surface area contributed by atoms with E-state index in [2.05, 4.69) is 16.0 Å². The summed E-state index contributed by atoms with van der Waals surface area (Å²) in [6.07, 6.45) is -0.276. The minimum Gasteiger partial charge on any atom is -0.508 e. The Morgan fingerprint density at radius 2 is 1.07 bits per heavy atom. The van der Waals surface area contributed by atoms with Crippen molar-refractivity contribution in [3.63, 3.8) is 0 Å². The summed E-state index contributed by atoms with van der Waals surface area (Å²) in [6.45, 7) is 0. The second-order valence-electron chi connectivity index (χ2n) is 10.4. The highest BCUT2D eigenvalue weighted by Crippen LogP contribution is 2.13. The summed E-state index contributed by atoms with van der Waals surface area (Å²) < 4.78 is 0. The van der Waals surface area contributed by atoms with Crippen LogP contribution in [0.5, 0.6) is 5.75 Å². The van der Waals surface area contributed by atoms with E-state index in [-0.39, 0.29) is 37.9 Å². The van der Waals surface area contributed by atoms with Crippen LogP contribution in [0.1, 0.15) is 29.5 Å². The molecule has 0 bridgehead atoms. The fraction of sp³-hybridized carbons (Fsp3) is 0.281. The number of phenolic OH excluding ortho intramolecular Hbond substituents is 1. The highest BCUT2D eigenvalue weighted by Gasteiger charge is 2.31. The predicted octanol–water partition coefficient (Wildman–Crippen LogP) is 0.552. The Labute approximate surface area is 254 Å². The van der Waals surface area contributed by atoms with E-state index in [0.717, 1.165) is 5.56 Å². The second kappa shape index (κ2) is 16.4. The number of benzene rings is 3. The van der Waals surface area contributed by atoms with E-state index in [0.29, 0.717) is 11.1 Å². The standard InChI is InChI=1S/C32H37N5O7/c33-24(17-20-7-3-1-4-8-20)29(40)35-25(15-16-28(34)39)30(41)36-26(18-22-11-13-23(38)14-12-22)31(42)37-27(32(43)44)19-21-9-5-2-6-10-21/h1-14,24-27,38H,15-19,33H2,(H2,34,39)(H,35,40)(H,36,41)(H,37,42)(H,43,44). The number of carboxylic acids is 1. The van der Waals surface area contributed by atoms with E-state index in [1.54, 1.807) is 66.7 Å². The van der Waals surface area contributed by atoms with Gasteiger partial charge in [-0.1, -0.05) is 72.8 Å². The fourth-order valence-electron chi connectivity index (χ4n) is 4.47. The van der Waals surface area contributed by atoms with Gasteiger partial charge in [-0.3, -0.25) is 19.2 Å². The molecule has 9 N–H and O–H groups in total. The molecule has 4 unspecified atom stereocenters.